The van der Waals surface area contributed by atoms with Crippen LogP contribution in [0.15, 0.2) is 194 Å². The van der Waals surface area contributed by atoms with Crippen LogP contribution in [0.4, 0.5) is 10.5 Å². The Hall–Kier alpha value is -8.18. The number of aromatic nitrogens is 4. The number of Topliss-reactive ketones (excluding diaryl/α,β-unsaturated/α-hetero) is 1. The number of ether oxygens (including phenoxy) is 1. The fourth-order valence-corrected chi connectivity index (χ4v) is 9.18. The van der Waals surface area contributed by atoms with Crippen LogP contribution < -0.4 is 16.0 Å². The van der Waals surface area contributed by atoms with Crippen molar-refractivity contribution in [2.24, 2.45) is 0 Å². The number of para-hydroxylation sites is 1. The Morgan fingerprint density at radius 2 is 1.22 bits per heavy atom. The predicted molar refractivity (Wildman–Crippen MR) is 260 cm³/mol. The molecule has 1 unspecified atom stereocenters. The second kappa shape index (κ2) is 19.5. The monoisotopic (exact) mass is 885 g/mol. The number of fused-ring (bicyclic) bond motifs is 1. The van der Waals surface area contributed by atoms with E-state index >= 15 is 0 Å². The summed E-state index contributed by atoms with van der Waals surface area (Å²) in [6.07, 6.45) is 0.528. The molecule has 8 aromatic rings. The minimum Gasteiger partial charge on any atom is -0.445 e. The predicted octanol–water partition coefficient (Wildman–Crippen LogP) is 10.0. The van der Waals surface area contributed by atoms with Crippen LogP contribution in [0.5, 0.6) is 0 Å². The number of tetrazole rings is 1. The normalized spacial score (nSPS) is 14.7. The molecular formula is C56H51N7O4. The van der Waals surface area contributed by atoms with Crippen LogP contribution in [0, 0.1) is 0 Å². The first kappa shape index (κ1) is 44.0. The second-order valence-corrected chi connectivity index (χ2v) is 17.4. The van der Waals surface area contributed by atoms with Crippen LogP contribution in [-0.2, 0) is 28.1 Å². The van der Waals surface area contributed by atoms with E-state index in [1.807, 2.05) is 162 Å². The van der Waals surface area contributed by atoms with Crippen LogP contribution in [-0.4, -0.2) is 55.6 Å². The third kappa shape index (κ3) is 9.48. The van der Waals surface area contributed by atoms with Crippen LogP contribution in [0.2, 0.25) is 0 Å². The summed E-state index contributed by atoms with van der Waals surface area (Å²) >= 11 is 0. The molecule has 1 aliphatic rings. The minimum absolute atomic E-state index is 0.0294. The summed E-state index contributed by atoms with van der Waals surface area (Å²) in [5, 5.41) is 23.3. The van der Waals surface area contributed by atoms with Crippen molar-refractivity contribution in [3.05, 3.63) is 228 Å². The first-order valence-corrected chi connectivity index (χ1v) is 22.5. The minimum atomic E-state index is -0.942. The largest absolute Gasteiger partial charge is 0.445 e. The standard InChI is InChI=1S/C56H51N7O4/c1-55(2,59-54(66)67-38-39-19-7-3-8-20-39)37-50(64)57-49-36-35-41-21-15-18-30-48(41)58-51(49)52(65)42-33-31-40(32-34-42)46-28-16-17-29-47(46)53-60-61-62-63(53)56(43-22-9-4-10-23-43,44-24-11-5-12-25-44)45-26-13-6-14-27-45/h3-34,49,51,58H,35-38H2,1-2H3,(H,57,64)(H,59,66)/t49-,51?/m0/s1. The van der Waals surface area contributed by atoms with Crippen molar-refractivity contribution < 1.29 is 19.1 Å². The molecule has 334 valence electrons. The molecule has 7 aromatic carbocycles. The molecule has 0 radical (unpaired) electrons. The van der Waals surface area contributed by atoms with E-state index < -0.39 is 29.3 Å². The van der Waals surface area contributed by atoms with Crippen molar-refractivity contribution in [2.45, 2.75) is 62.9 Å². The van der Waals surface area contributed by atoms with E-state index in [0.29, 0.717) is 24.2 Å². The number of amides is 2. The lowest BCUT2D eigenvalue weighted by atomic mass is 9.77. The topological polar surface area (TPSA) is 140 Å². The maximum absolute atomic E-state index is 14.7. The van der Waals surface area contributed by atoms with Crippen LogP contribution in [0.1, 0.15) is 64.9 Å². The smallest absolute Gasteiger partial charge is 0.407 e. The number of rotatable bonds is 14. The van der Waals surface area contributed by atoms with Gasteiger partial charge >= 0.3 is 6.09 Å². The Bertz CT molecular complexity index is 2860. The molecule has 0 spiro atoms. The zero-order chi connectivity index (χ0) is 46.2. The van der Waals surface area contributed by atoms with Crippen molar-refractivity contribution in [3.63, 3.8) is 0 Å². The Morgan fingerprint density at radius 1 is 0.672 bits per heavy atom. The highest BCUT2D eigenvalue weighted by Gasteiger charge is 2.42. The molecule has 1 aliphatic heterocycles. The summed E-state index contributed by atoms with van der Waals surface area (Å²) in [6.45, 7) is 3.65. The van der Waals surface area contributed by atoms with Crippen LogP contribution >= 0.6 is 0 Å². The van der Waals surface area contributed by atoms with E-state index in [-0.39, 0.29) is 24.7 Å². The fraction of sp³-hybridized carbons (Fsp3) is 0.179. The van der Waals surface area contributed by atoms with Gasteiger partial charge in [-0.15, -0.1) is 5.10 Å². The number of hydrogen-bond donors (Lipinski definition) is 3. The van der Waals surface area contributed by atoms with Crippen molar-refractivity contribution in [2.75, 3.05) is 5.32 Å². The number of carbonyl (C=O) groups is 3. The number of benzene rings is 7. The Balaban J connectivity index is 0.995. The summed E-state index contributed by atoms with van der Waals surface area (Å²) in [5.74, 6) is 0.106. The molecule has 0 saturated carbocycles. The number of alkyl carbamates (subject to hydrolysis) is 1. The number of hydrogen-bond acceptors (Lipinski definition) is 8. The molecule has 0 aliphatic carbocycles. The van der Waals surface area contributed by atoms with Crippen molar-refractivity contribution in [1.29, 1.82) is 0 Å². The number of ketones is 1. The molecule has 11 nitrogen and oxygen atoms in total. The van der Waals surface area contributed by atoms with Gasteiger partial charge in [-0.1, -0.05) is 188 Å². The van der Waals surface area contributed by atoms with E-state index in [4.69, 9.17) is 15.0 Å². The van der Waals surface area contributed by atoms with Gasteiger partial charge in [0.15, 0.2) is 11.6 Å². The van der Waals surface area contributed by atoms with E-state index in [2.05, 4.69) is 57.6 Å². The number of nitrogens with zero attached hydrogens (tertiary/aromatic N) is 4. The van der Waals surface area contributed by atoms with Gasteiger partial charge in [0.1, 0.15) is 18.2 Å². The molecule has 2 atom stereocenters. The first-order valence-electron chi connectivity index (χ1n) is 22.5. The molecule has 2 heterocycles. The molecule has 0 bridgehead atoms. The van der Waals surface area contributed by atoms with Crippen molar-refractivity contribution >= 4 is 23.5 Å². The van der Waals surface area contributed by atoms with Gasteiger partial charge in [-0.05, 0) is 82.1 Å². The number of aryl methyl sites for hydroxylation is 1. The van der Waals surface area contributed by atoms with E-state index in [0.717, 1.165) is 50.2 Å². The van der Waals surface area contributed by atoms with Gasteiger partial charge < -0.3 is 20.7 Å². The lowest BCUT2D eigenvalue weighted by Crippen LogP contribution is -2.53. The molecule has 0 fully saturated rings. The summed E-state index contributed by atoms with van der Waals surface area (Å²) in [6, 6.07) is 62.4. The average Bonchev–Trinajstić information content (AvgIpc) is 3.78. The number of carbonyl (C=O) groups excluding carboxylic acids is 3. The van der Waals surface area contributed by atoms with E-state index in [1.54, 1.807) is 13.8 Å². The Kier molecular flexibility index (Phi) is 12.8. The summed E-state index contributed by atoms with van der Waals surface area (Å²) < 4.78 is 7.35. The zero-order valence-corrected chi connectivity index (χ0v) is 37.4. The third-order valence-electron chi connectivity index (χ3n) is 12.4. The zero-order valence-electron chi connectivity index (χ0n) is 37.4. The summed E-state index contributed by atoms with van der Waals surface area (Å²) in [4.78, 5) is 41.2. The third-order valence-corrected chi connectivity index (χ3v) is 12.4. The quantitative estimate of drug-likeness (QED) is 0.0725. The fourth-order valence-electron chi connectivity index (χ4n) is 9.18. The molecule has 9 rings (SSSR count). The number of nitrogens with one attached hydrogen (secondary N) is 3. The number of anilines is 1. The Morgan fingerprint density at radius 3 is 1.85 bits per heavy atom. The SMILES string of the molecule is CC(C)(CC(=O)N[C@H]1CCc2ccccc2NC1C(=O)c1ccc(-c2ccccc2-c2nnnn2C(c2ccccc2)(c2ccccc2)c2ccccc2)cc1)NC(=O)OCc1ccccc1. The highest BCUT2D eigenvalue weighted by atomic mass is 16.5. The molecule has 67 heavy (non-hydrogen) atoms. The van der Waals surface area contributed by atoms with Gasteiger partial charge in [0.2, 0.25) is 5.91 Å². The van der Waals surface area contributed by atoms with E-state index in [9.17, 15) is 14.4 Å². The molecule has 2 amide bonds. The van der Waals surface area contributed by atoms with Crippen molar-refractivity contribution in [3.8, 4) is 22.5 Å². The molecule has 3 N–H and O–H groups in total. The Labute approximate surface area is 390 Å². The highest BCUT2D eigenvalue weighted by Crippen LogP contribution is 2.43. The van der Waals surface area contributed by atoms with Gasteiger partial charge in [-0.25, -0.2) is 9.48 Å². The summed E-state index contributed by atoms with van der Waals surface area (Å²) in [5.41, 5.74) is 6.92. The second-order valence-electron chi connectivity index (χ2n) is 17.4. The first-order chi connectivity index (χ1) is 32.7. The van der Waals surface area contributed by atoms with Crippen LogP contribution in [0.25, 0.3) is 22.5 Å². The highest BCUT2D eigenvalue weighted by molar-refractivity contribution is 6.03. The van der Waals surface area contributed by atoms with Gasteiger partial charge in [-0.3, -0.25) is 9.59 Å². The van der Waals surface area contributed by atoms with Crippen molar-refractivity contribution in [1.82, 2.24) is 30.8 Å². The maximum atomic E-state index is 14.7. The average molecular weight is 886 g/mol. The maximum Gasteiger partial charge on any atom is 0.407 e. The van der Waals surface area contributed by atoms with Gasteiger partial charge in [0, 0.05) is 28.8 Å². The molecule has 0 saturated heterocycles. The van der Waals surface area contributed by atoms with E-state index in [1.165, 1.54) is 0 Å². The lowest BCUT2D eigenvalue weighted by molar-refractivity contribution is -0.123. The molecule has 11 heteroatoms. The summed E-state index contributed by atoms with van der Waals surface area (Å²) in [7, 11) is 0. The molecule has 1 aromatic heterocycles. The van der Waals surface area contributed by atoms with Gasteiger partial charge in [-0.2, -0.15) is 0 Å². The van der Waals surface area contributed by atoms with Crippen LogP contribution in [0.3, 0.4) is 0 Å². The van der Waals surface area contributed by atoms with Gasteiger partial charge in [0.25, 0.3) is 0 Å². The van der Waals surface area contributed by atoms with Gasteiger partial charge in [0.05, 0.1) is 6.04 Å². The lowest BCUT2D eigenvalue weighted by Gasteiger charge is -2.36. The molecular weight excluding hydrogens is 835 g/mol.